The van der Waals surface area contributed by atoms with E-state index in [1.807, 2.05) is 29.2 Å². The minimum atomic E-state index is -0.491. The van der Waals surface area contributed by atoms with E-state index in [9.17, 15) is 9.59 Å². The Morgan fingerprint density at radius 3 is 2.23 bits per heavy atom. The SMILES string of the molecule is COC(=O)Nc1cc(-c2cccc(CN(Cc3cccc(CN)c3)C(=O)C3CC3)c2)ccc1N1CCN(C)CC1. The Kier molecular flexibility index (Phi) is 8.67. The average molecular weight is 542 g/mol. The van der Waals surface area contributed by atoms with Gasteiger partial charge in [-0.2, -0.15) is 0 Å². The molecule has 0 atom stereocenters. The fourth-order valence-electron chi connectivity index (χ4n) is 5.25. The number of carbonyl (C=O) groups excluding carboxylic acids is 2. The molecule has 5 rings (SSSR count). The Balaban J connectivity index is 1.40. The molecule has 2 amide bonds. The van der Waals surface area contributed by atoms with E-state index in [1.165, 1.54) is 7.11 Å². The molecule has 0 bridgehead atoms. The number of nitrogens with one attached hydrogen (secondary N) is 1. The van der Waals surface area contributed by atoms with Crippen molar-refractivity contribution in [3.63, 3.8) is 0 Å². The molecule has 3 N–H and O–H groups in total. The molecule has 40 heavy (non-hydrogen) atoms. The molecule has 2 aliphatic rings. The topological polar surface area (TPSA) is 91.1 Å². The third-order valence-corrected chi connectivity index (χ3v) is 7.74. The maximum atomic E-state index is 13.2. The molecule has 0 radical (unpaired) electrons. The normalized spacial score (nSPS) is 15.5. The summed E-state index contributed by atoms with van der Waals surface area (Å²) in [5.74, 6) is 0.347. The van der Waals surface area contributed by atoms with Gasteiger partial charge in [0.1, 0.15) is 0 Å². The number of rotatable bonds is 9. The van der Waals surface area contributed by atoms with E-state index < -0.39 is 6.09 Å². The van der Waals surface area contributed by atoms with Gasteiger partial charge in [-0.3, -0.25) is 10.1 Å². The zero-order valence-electron chi connectivity index (χ0n) is 23.4. The van der Waals surface area contributed by atoms with Gasteiger partial charge in [-0.25, -0.2) is 4.79 Å². The fourth-order valence-corrected chi connectivity index (χ4v) is 5.25. The molecule has 0 aromatic heterocycles. The lowest BCUT2D eigenvalue weighted by molar-refractivity contribution is -0.133. The van der Waals surface area contributed by atoms with E-state index in [4.69, 9.17) is 10.5 Å². The predicted octanol–water partition coefficient (Wildman–Crippen LogP) is 4.68. The van der Waals surface area contributed by atoms with E-state index >= 15 is 0 Å². The lowest BCUT2D eigenvalue weighted by atomic mass is 10.0. The molecular formula is C32H39N5O3. The van der Waals surface area contributed by atoms with Crippen LogP contribution in [0.1, 0.15) is 29.5 Å². The molecule has 1 saturated heterocycles. The molecule has 1 aliphatic carbocycles. The summed E-state index contributed by atoms with van der Waals surface area (Å²) in [6.07, 6.45) is 1.44. The van der Waals surface area contributed by atoms with Crippen molar-refractivity contribution in [2.24, 2.45) is 11.7 Å². The zero-order chi connectivity index (χ0) is 28.1. The third kappa shape index (κ3) is 6.81. The molecule has 1 aliphatic heterocycles. The minimum Gasteiger partial charge on any atom is -0.453 e. The van der Waals surface area contributed by atoms with Crippen LogP contribution in [-0.2, 0) is 29.2 Å². The first kappa shape index (κ1) is 27.7. The van der Waals surface area contributed by atoms with Crippen LogP contribution in [0, 0.1) is 5.92 Å². The maximum Gasteiger partial charge on any atom is 0.411 e. The van der Waals surface area contributed by atoms with Gasteiger partial charge >= 0.3 is 6.09 Å². The molecule has 1 heterocycles. The summed E-state index contributed by atoms with van der Waals surface area (Å²) in [7, 11) is 3.50. The van der Waals surface area contributed by atoms with E-state index in [-0.39, 0.29) is 11.8 Å². The Morgan fingerprint density at radius 1 is 0.900 bits per heavy atom. The van der Waals surface area contributed by atoms with Crippen LogP contribution in [0.4, 0.5) is 16.2 Å². The number of hydrogen-bond acceptors (Lipinski definition) is 6. The van der Waals surface area contributed by atoms with Crippen molar-refractivity contribution in [3.05, 3.63) is 83.4 Å². The number of anilines is 2. The first-order chi connectivity index (χ1) is 19.4. The van der Waals surface area contributed by atoms with Gasteiger partial charge in [0, 0.05) is 51.7 Å². The average Bonchev–Trinajstić information content (AvgIpc) is 3.83. The highest BCUT2D eigenvalue weighted by Gasteiger charge is 2.33. The summed E-state index contributed by atoms with van der Waals surface area (Å²) < 4.78 is 4.91. The van der Waals surface area contributed by atoms with Crippen LogP contribution in [0.3, 0.4) is 0 Å². The smallest absolute Gasteiger partial charge is 0.411 e. The molecular weight excluding hydrogens is 502 g/mol. The van der Waals surface area contributed by atoms with Crippen LogP contribution < -0.4 is 16.0 Å². The lowest BCUT2D eigenvalue weighted by Gasteiger charge is -2.35. The second-order valence-corrected chi connectivity index (χ2v) is 10.8. The van der Waals surface area contributed by atoms with Crippen LogP contribution in [0.5, 0.6) is 0 Å². The third-order valence-electron chi connectivity index (χ3n) is 7.74. The summed E-state index contributed by atoms with van der Waals surface area (Å²) in [5, 5.41) is 2.92. The zero-order valence-corrected chi connectivity index (χ0v) is 23.4. The van der Waals surface area contributed by atoms with Crippen molar-refractivity contribution in [2.45, 2.75) is 32.5 Å². The van der Waals surface area contributed by atoms with Crippen LogP contribution in [-0.4, -0.2) is 62.1 Å². The number of nitrogens with zero attached hydrogens (tertiary/aromatic N) is 3. The number of amides is 2. The summed E-state index contributed by atoms with van der Waals surface area (Å²) in [6, 6.07) is 22.6. The van der Waals surface area contributed by atoms with E-state index in [2.05, 4.69) is 64.6 Å². The highest BCUT2D eigenvalue weighted by atomic mass is 16.5. The quantitative estimate of drug-likeness (QED) is 0.409. The standard InChI is InChI=1S/C32H39N5O3/c1-35-13-15-36(16-14-35)30-12-11-28(19-29(30)34-32(39)40-2)27-8-4-7-25(18-27)22-37(31(38)26-9-10-26)21-24-6-3-5-23(17-24)20-33/h3-8,11-12,17-19,26H,9-10,13-16,20-22,33H2,1-2H3,(H,34,39). The van der Waals surface area contributed by atoms with Crippen LogP contribution >= 0.6 is 0 Å². The molecule has 3 aromatic rings. The maximum absolute atomic E-state index is 13.2. The largest absolute Gasteiger partial charge is 0.453 e. The van der Waals surface area contributed by atoms with Gasteiger partial charge in [0.15, 0.2) is 0 Å². The van der Waals surface area contributed by atoms with Gasteiger partial charge in [-0.1, -0.05) is 48.5 Å². The van der Waals surface area contributed by atoms with Crippen LogP contribution in [0.15, 0.2) is 66.7 Å². The number of methoxy groups -OCH3 is 1. The van der Waals surface area contributed by atoms with E-state index in [0.29, 0.717) is 19.6 Å². The highest BCUT2D eigenvalue weighted by Crippen LogP contribution is 2.34. The number of nitrogens with two attached hydrogens (primary N) is 1. The molecule has 0 unspecified atom stereocenters. The fraction of sp³-hybridized carbons (Fsp3) is 0.375. The first-order valence-corrected chi connectivity index (χ1v) is 14.0. The molecule has 1 saturated carbocycles. The van der Waals surface area contributed by atoms with Crippen molar-refractivity contribution in [3.8, 4) is 11.1 Å². The first-order valence-electron chi connectivity index (χ1n) is 14.0. The van der Waals surface area contributed by atoms with Gasteiger partial charge in [0.05, 0.1) is 18.5 Å². The Hall–Kier alpha value is -3.88. The molecule has 2 fully saturated rings. The highest BCUT2D eigenvalue weighted by molar-refractivity contribution is 5.91. The molecule has 210 valence electrons. The van der Waals surface area contributed by atoms with Crippen LogP contribution in [0.2, 0.25) is 0 Å². The number of ether oxygens (including phenoxy) is 1. The minimum absolute atomic E-state index is 0.134. The van der Waals surface area contributed by atoms with Gasteiger partial charge in [0.25, 0.3) is 0 Å². The lowest BCUT2D eigenvalue weighted by Crippen LogP contribution is -2.44. The van der Waals surface area contributed by atoms with Crippen molar-refractivity contribution < 1.29 is 14.3 Å². The second-order valence-electron chi connectivity index (χ2n) is 10.8. The van der Waals surface area contributed by atoms with E-state index in [1.54, 1.807) is 0 Å². The Labute approximate surface area is 236 Å². The second kappa shape index (κ2) is 12.5. The molecule has 8 heteroatoms. The number of piperazine rings is 1. The Morgan fingerprint density at radius 2 is 1.55 bits per heavy atom. The number of likely N-dealkylation sites (N-methyl/N-ethyl adjacent to an activating group) is 1. The van der Waals surface area contributed by atoms with Gasteiger partial charge in [0.2, 0.25) is 5.91 Å². The van der Waals surface area contributed by atoms with Crippen LogP contribution in [0.25, 0.3) is 11.1 Å². The van der Waals surface area contributed by atoms with Gasteiger partial charge in [-0.05, 0) is 65.9 Å². The molecule has 8 nitrogen and oxygen atoms in total. The van der Waals surface area contributed by atoms with Crippen molar-refractivity contribution >= 4 is 23.4 Å². The Bertz CT molecular complexity index is 1350. The van der Waals surface area contributed by atoms with Gasteiger partial charge < -0.3 is 25.2 Å². The summed E-state index contributed by atoms with van der Waals surface area (Å²) >= 11 is 0. The van der Waals surface area contributed by atoms with E-state index in [0.717, 1.165) is 78.2 Å². The van der Waals surface area contributed by atoms with Crippen molar-refractivity contribution in [1.29, 1.82) is 0 Å². The number of hydrogen-bond donors (Lipinski definition) is 2. The molecule has 0 spiro atoms. The van der Waals surface area contributed by atoms with Gasteiger partial charge in [-0.15, -0.1) is 0 Å². The molecule has 3 aromatic carbocycles. The van der Waals surface area contributed by atoms with Crippen molar-refractivity contribution in [2.75, 3.05) is 50.6 Å². The summed E-state index contributed by atoms with van der Waals surface area (Å²) in [4.78, 5) is 32.0. The number of carbonyl (C=O) groups is 2. The monoisotopic (exact) mass is 541 g/mol. The summed E-state index contributed by atoms with van der Waals surface area (Å²) in [6.45, 7) is 5.28. The van der Waals surface area contributed by atoms with Crippen molar-refractivity contribution in [1.82, 2.24) is 9.80 Å². The summed E-state index contributed by atoms with van der Waals surface area (Å²) in [5.41, 5.74) is 12.8. The number of benzene rings is 3. The predicted molar refractivity (Wildman–Crippen MR) is 159 cm³/mol.